The molecule has 5 aromatic carbocycles. The van der Waals surface area contributed by atoms with Crippen LogP contribution in [0.5, 0.6) is 11.5 Å². The first kappa shape index (κ1) is 23.6. The topological polar surface area (TPSA) is 43.8 Å². The van der Waals surface area contributed by atoms with E-state index in [1.54, 1.807) is 0 Å². The zero-order valence-corrected chi connectivity index (χ0v) is 23.8. The minimum Gasteiger partial charge on any atom is -0.457 e. The van der Waals surface area contributed by atoms with E-state index in [1.165, 1.54) is 32.6 Å². The lowest BCUT2D eigenvalue weighted by Crippen LogP contribution is -1.91. The van der Waals surface area contributed by atoms with Gasteiger partial charge in [0.1, 0.15) is 22.8 Å². The van der Waals surface area contributed by atoms with Gasteiger partial charge in [-0.25, -0.2) is 9.97 Å². The molecule has 0 spiro atoms. The number of pyridine rings is 2. The molecule has 206 valence electrons. The monoisotopic (exact) mass is 564 g/mol. The van der Waals surface area contributed by atoms with Crippen molar-refractivity contribution in [3.63, 3.8) is 0 Å². The van der Waals surface area contributed by atoms with Gasteiger partial charge in [0.2, 0.25) is 0 Å². The van der Waals surface area contributed by atoms with Crippen molar-refractivity contribution >= 4 is 65.5 Å². The number of ether oxygens (including phenoxy) is 1. The van der Waals surface area contributed by atoms with E-state index in [-0.39, 0.29) is 0 Å². The van der Waals surface area contributed by atoms with Gasteiger partial charge < -0.3 is 4.74 Å². The molecule has 44 heavy (non-hydrogen) atoms. The third kappa shape index (κ3) is 3.13. The van der Waals surface area contributed by atoms with Crippen molar-refractivity contribution in [1.29, 1.82) is 0 Å². The number of para-hydroxylation sites is 2. The minimum atomic E-state index is 0.770. The molecule has 0 saturated carbocycles. The highest BCUT2D eigenvalue weighted by molar-refractivity contribution is 6.22. The van der Waals surface area contributed by atoms with Gasteiger partial charge in [-0.3, -0.25) is 8.80 Å². The second-order valence-corrected chi connectivity index (χ2v) is 11.6. The Balaban J connectivity index is 1.17. The maximum Gasteiger partial charge on any atom is 0.146 e. The second-order valence-electron chi connectivity index (χ2n) is 11.6. The standard InChI is InChI=1S/C39H24N4O/c1-23-8-2-3-9-26(23)34-22-42-35-14-5-4-10-28(35)27-17-15-24(20-33(27)39(42)41-34)44-25-16-18-29-30-11-6-12-31-32-13-7-19-40-38(32)43(37(30)31)36(29)21-25/h2-22H,1H3. The second kappa shape index (κ2) is 8.55. The van der Waals surface area contributed by atoms with Gasteiger partial charge in [-0.05, 0) is 66.4 Å². The summed E-state index contributed by atoms with van der Waals surface area (Å²) in [7, 11) is 0. The first-order valence-electron chi connectivity index (χ1n) is 14.8. The van der Waals surface area contributed by atoms with E-state index in [2.05, 4.69) is 131 Å². The largest absolute Gasteiger partial charge is 0.457 e. The van der Waals surface area contributed by atoms with Crippen molar-refractivity contribution in [3.05, 3.63) is 133 Å². The van der Waals surface area contributed by atoms with Crippen LogP contribution in [0, 0.1) is 6.92 Å². The number of hydrogen-bond acceptors (Lipinski definition) is 3. The van der Waals surface area contributed by atoms with Gasteiger partial charge in [0.05, 0.1) is 22.2 Å². The fourth-order valence-electron chi connectivity index (χ4n) is 7.13. The quantitative estimate of drug-likeness (QED) is 0.201. The summed E-state index contributed by atoms with van der Waals surface area (Å²) in [5.41, 5.74) is 8.62. The summed E-state index contributed by atoms with van der Waals surface area (Å²) in [5.74, 6) is 1.55. The molecule has 0 amide bonds. The highest BCUT2D eigenvalue weighted by atomic mass is 16.5. The molecule has 5 nitrogen and oxygen atoms in total. The number of hydrogen-bond donors (Lipinski definition) is 0. The molecule has 0 bridgehead atoms. The zero-order valence-electron chi connectivity index (χ0n) is 23.8. The molecule has 5 aromatic heterocycles. The molecule has 0 N–H and O–H groups in total. The van der Waals surface area contributed by atoms with Gasteiger partial charge in [0, 0.05) is 56.3 Å². The van der Waals surface area contributed by atoms with Crippen LogP contribution in [0.3, 0.4) is 0 Å². The van der Waals surface area contributed by atoms with E-state index >= 15 is 0 Å². The van der Waals surface area contributed by atoms with Crippen LogP contribution in [0.25, 0.3) is 76.8 Å². The molecule has 0 unspecified atom stereocenters. The molecule has 0 fully saturated rings. The summed E-state index contributed by atoms with van der Waals surface area (Å²) >= 11 is 0. The number of rotatable bonds is 3. The normalized spacial score (nSPS) is 12.2. The van der Waals surface area contributed by atoms with Gasteiger partial charge in [-0.15, -0.1) is 0 Å². The van der Waals surface area contributed by atoms with E-state index in [1.807, 2.05) is 12.3 Å². The average Bonchev–Trinajstić information content (AvgIpc) is 3.75. The highest BCUT2D eigenvalue weighted by Crippen LogP contribution is 2.40. The van der Waals surface area contributed by atoms with E-state index < -0.39 is 0 Å². The van der Waals surface area contributed by atoms with E-state index in [0.717, 1.165) is 61.2 Å². The molecule has 0 atom stereocenters. The molecule has 5 heteroatoms. The predicted octanol–water partition coefficient (Wildman–Crippen LogP) is 9.95. The maximum absolute atomic E-state index is 6.60. The smallest absolute Gasteiger partial charge is 0.146 e. The van der Waals surface area contributed by atoms with Crippen molar-refractivity contribution in [1.82, 2.24) is 18.8 Å². The number of imidazole rings is 1. The lowest BCUT2D eigenvalue weighted by Gasteiger charge is -2.11. The van der Waals surface area contributed by atoms with Crippen LogP contribution in [0.4, 0.5) is 0 Å². The maximum atomic E-state index is 6.60. The van der Waals surface area contributed by atoms with Crippen LogP contribution in [-0.4, -0.2) is 18.8 Å². The van der Waals surface area contributed by atoms with Crippen molar-refractivity contribution in [2.75, 3.05) is 0 Å². The summed E-state index contributed by atoms with van der Waals surface area (Å²) in [6, 6.07) is 40.3. The van der Waals surface area contributed by atoms with Gasteiger partial charge in [-0.2, -0.15) is 0 Å². The Morgan fingerprint density at radius 1 is 0.568 bits per heavy atom. The Hall–Kier alpha value is -5.94. The molecular weight excluding hydrogens is 540 g/mol. The van der Waals surface area contributed by atoms with Gasteiger partial charge >= 0.3 is 0 Å². The van der Waals surface area contributed by atoms with Crippen molar-refractivity contribution in [3.8, 4) is 22.8 Å². The Bertz CT molecular complexity index is 2770. The molecule has 0 aliphatic carbocycles. The Morgan fingerprint density at radius 2 is 1.30 bits per heavy atom. The van der Waals surface area contributed by atoms with E-state index in [0.29, 0.717) is 0 Å². The van der Waals surface area contributed by atoms with E-state index in [4.69, 9.17) is 14.7 Å². The van der Waals surface area contributed by atoms with E-state index in [9.17, 15) is 0 Å². The van der Waals surface area contributed by atoms with Crippen LogP contribution in [0.1, 0.15) is 5.56 Å². The molecule has 10 aromatic rings. The number of aryl methyl sites for hydroxylation is 1. The summed E-state index contributed by atoms with van der Waals surface area (Å²) < 4.78 is 11.1. The number of benzene rings is 5. The molecule has 0 radical (unpaired) electrons. The van der Waals surface area contributed by atoms with Gasteiger partial charge in [0.25, 0.3) is 0 Å². The highest BCUT2D eigenvalue weighted by Gasteiger charge is 2.19. The summed E-state index contributed by atoms with van der Waals surface area (Å²) in [6.07, 6.45) is 4.02. The Kier molecular flexibility index (Phi) is 4.59. The third-order valence-corrected chi connectivity index (χ3v) is 9.10. The zero-order chi connectivity index (χ0) is 28.9. The summed E-state index contributed by atoms with van der Waals surface area (Å²) in [4.78, 5) is 9.95. The average molecular weight is 565 g/mol. The van der Waals surface area contributed by atoms with Crippen molar-refractivity contribution < 1.29 is 4.74 Å². The Morgan fingerprint density at radius 3 is 2.20 bits per heavy atom. The Labute approximate surface area is 251 Å². The van der Waals surface area contributed by atoms with Crippen LogP contribution in [0.2, 0.25) is 0 Å². The summed E-state index contributed by atoms with van der Waals surface area (Å²) in [6.45, 7) is 2.13. The van der Waals surface area contributed by atoms with Crippen molar-refractivity contribution in [2.45, 2.75) is 6.92 Å². The van der Waals surface area contributed by atoms with Gasteiger partial charge in [0.15, 0.2) is 0 Å². The minimum absolute atomic E-state index is 0.770. The lowest BCUT2D eigenvalue weighted by atomic mass is 10.1. The van der Waals surface area contributed by atoms with Crippen LogP contribution < -0.4 is 4.74 Å². The number of aromatic nitrogens is 4. The fourth-order valence-corrected chi connectivity index (χ4v) is 7.13. The molecule has 0 aliphatic heterocycles. The van der Waals surface area contributed by atoms with Crippen LogP contribution in [-0.2, 0) is 0 Å². The molecule has 0 saturated heterocycles. The molecular formula is C39H24N4O. The third-order valence-electron chi connectivity index (χ3n) is 9.10. The fraction of sp³-hybridized carbons (Fsp3) is 0.0256. The lowest BCUT2D eigenvalue weighted by molar-refractivity contribution is 0.484. The summed E-state index contributed by atoms with van der Waals surface area (Å²) in [5, 5.41) is 8.19. The van der Waals surface area contributed by atoms with Crippen molar-refractivity contribution in [2.24, 2.45) is 0 Å². The first-order valence-corrected chi connectivity index (χ1v) is 14.8. The van der Waals surface area contributed by atoms with Gasteiger partial charge in [-0.1, -0.05) is 60.7 Å². The predicted molar refractivity (Wildman–Crippen MR) is 179 cm³/mol. The number of fused-ring (bicyclic) bond motifs is 12. The molecule has 10 rings (SSSR count). The first-order chi connectivity index (χ1) is 21.7. The SMILES string of the molecule is Cc1ccccc1-c1cn2c3ccccc3c3ccc(Oc4ccc5c6cccc7c8cccnc8n(c5c4)c67)cc3c2n1. The molecule has 0 aliphatic rings. The molecule has 5 heterocycles. The van der Waals surface area contributed by atoms with Crippen LogP contribution >= 0.6 is 0 Å². The van der Waals surface area contributed by atoms with Crippen LogP contribution in [0.15, 0.2) is 128 Å². The number of nitrogens with zero attached hydrogens (tertiary/aromatic N) is 4.